The molecule has 6 nitrogen and oxygen atoms in total. The number of allylic oxidation sites excluding steroid dienone is 1. The fourth-order valence-electron chi connectivity index (χ4n) is 3.30. The van der Waals surface area contributed by atoms with Crippen molar-refractivity contribution >= 4 is 17.4 Å². The average Bonchev–Trinajstić information content (AvgIpc) is 3.40. The second kappa shape index (κ2) is 7.30. The summed E-state index contributed by atoms with van der Waals surface area (Å²) in [4.78, 5) is 8.62. The van der Waals surface area contributed by atoms with E-state index < -0.39 is 11.6 Å². The number of pyridine rings is 2. The van der Waals surface area contributed by atoms with Crippen LogP contribution in [0.2, 0.25) is 0 Å². The summed E-state index contributed by atoms with van der Waals surface area (Å²) in [6.45, 7) is -0.243. The number of fused-ring (bicyclic) bond motifs is 1. The minimum absolute atomic E-state index is 0.102. The maximum absolute atomic E-state index is 13.1. The van der Waals surface area contributed by atoms with E-state index in [1.165, 1.54) is 12.3 Å². The minimum atomic E-state index is -4.25. The Morgan fingerprint density at radius 1 is 1.30 bits per heavy atom. The van der Waals surface area contributed by atoms with Gasteiger partial charge >= 0.3 is 6.18 Å². The lowest BCUT2D eigenvalue weighted by Crippen LogP contribution is -2.33. The van der Waals surface area contributed by atoms with Crippen molar-refractivity contribution in [3.63, 3.8) is 0 Å². The molecule has 1 aliphatic carbocycles. The Balaban J connectivity index is 1.70. The van der Waals surface area contributed by atoms with Gasteiger partial charge in [-0.15, -0.1) is 0 Å². The van der Waals surface area contributed by atoms with E-state index in [0.29, 0.717) is 28.0 Å². The first-order valence-electron chi connectivity index (χ1n) is 9.22. The third-order valence-electron chi connectivity index (χ3n) is 5.30. The summed E-state index contributed by atoms with van der Waals surface area (Å²) in [5.41, 5.74) is 1.22. The highest BCUT2D eigenvalue weighted by Crippen LogP contribution is 2.57. The molecule has 0 aromatic carbocycles. The first kappa shape index (κ1) is 19.6. The number of nitrogens with zero attached hydrogens (tertiary/aromatic N) is 4. The van der Waals surface area contributed by atoms with Crippen molar-refractivity contribution < 1.29 is 13.2 Å². The Bertz CT molecular complexity index is 1180. The van der Waals surface area contributed by atoms with Gasteiger partial charge in [-0.25, -0.2) is 9.97 Å². The number of nitriles is 1. The number of imidazole rings is 1. The first-order chi connectivity index (χ1) is 14.4. The van der Waals surface area contributed by atoms with Gasteiger partial charge in [0.1, 0.15) is 17.4 Å². The standard InChI is InChI=1S/C21H17F3N6/c22-21(23,24)20(4-5-20)13-27-12-15(10-25)17-2-1-16(11-26)29-19(17)14-3-7-30-8-6-28-18(30)9-14/h1-3,6-10,12,25,27H,4-5,13H2/b15-12+,25-10?. The highest BCUT2D eigenvalue weighted by Gasteiger charge is 2.62. The van der Waals surface area contributed by atoms with E-state index in [1.54, 1.807) is 36.8 Å². The zero-order valence-corrected chi connectivity index (χ0v) is 15.7. The molecule has 0 amide bonds. The van der Waals surface area contributed by atoms with Gasteiger partial charge in [-0.2, -0.15) is 18.4 Å². The van der Waals surface area contributed by atoms with Gasteiger partial charge in [0.05, 0.1) is 11.1 Å². The van der Waals surface area contributed by atoms with Crippen molar-refractivity contribution in [1.29, 1.82) is 10.7 Å². The zero-order valence-electron chi connectivity index (χ0n) is 15.7. The molecule has 30 heavy (non-hydrogen) atoms. The molecule has 1 fully saturated rings. The molecule has 4 rings (SSSR count). The number of hydrogen-bond donors (Lipinski definition) is 2. The molecule has 0 spiro atoms. The second-order valence-corrected chi connectivity index (χ2v) is 7.22. The predicted molar refractivity (Wildman–Crippen MR) is 106 cm³/mol. The van der Waals surface area contributed by atoms with Crippen molar-refractivity contribution in [3.8, 4) is 17.3 Å². The monoisotopic (exact) mass is 410 g/mol. The lowest BCUT2D eigenvalue weighted by molar-refractivity contribution is -0.184. The Morgan fingerprint density at radius 2 is 2.10 bits per heavy atom. The van der Waals surface area contributed by atoms with Crippen LogP contribution in [0.5, 0.6) is 0 Å². The summed E-state index contributed by atoms with van der Waals surface area (Å²) in [6.07, 6.45) is 3.66. The van der Waals surface area contributed by atoms with E-state index in [0.717, 1.165) is 6.21 Å². The molecule has 0 unspecified atom stereocenters. The molecule has 1 aliphatic rings. The molecule has 9 heteroatoms. The minimum Gasteiger partial charge on any atom is -0.389 e. The fraction of sp³-hybridized carbons (Fsp3) is 0.238. The van der Waals surface area contributed by atoms with E-state index in [4.69, 9.17) is 5.41 Å². The Labute approximate surface area is 170 Å². The topological polar surface area (TPSA) is 89.9 Å². The van der Waals surface area contributed by atoms with Gasteiger partial charge in [-0.3, -0.25) is 0 Å². The summed E-state index contributed by atoms with van der Waals surface area (Å²) in [7, 11) is 0. The SMILES string of the molecule is N#Cc1ccc(/C(C=N)=C/NCC2(C(F)(F)F)CC2)c(-c2ccn3ccnc3c2)n1. The van der Waals surface area contributed by atoms with E-state index in [1.807, 2.05) is 10.5 Å². The van der Waals surface area contributed by atoms with Crippen LogP contribution in [-0.2, 0) is 0 Å². The van der Waals surface area contributed by atoms with E-state index >= 15 is 0 Å². The summed E-state index contributed by atoms with van der Waals surface area (Å²) in [5, 5.41) is 19.7. The van der Waals surface area contributed by atoms with Crippen LogP contribution < -0.4 is 5.32 Å². The molecule has 3 heterocycles. The predicted octanol–water partition coefficient (Wildman–Crippen LogP) is 4.19. The van der Waals surface area contributed by atoms with Crippen LogP contribution >= 0.6 is 0 Å². The van der Waals surface area contributed by atoms with Crippen LogP contribution in [0.25, 0.3) is 22.5 Å². The lowest BCUT2D eigenvalue weighted by atomic mass is 10.00. The van der Waals surface area contributed by atoms with Crippen molar-refractivity contribution in [2.45, 2.75) is 19.0 Å². The third kappa shape index (κ3) is 3.52. The van der Waals surface area contributed by atoms with Gasteiger partial charge in [0.15, 0.2) is 0 Å². The number of halogens is 3. The maximum atomic E-state index is 13.1. The van der Waals surface area contributed by atoms with Crippen LogP contribution in [0.3, 0.4) is 0 Å². The molecular weight excluding hydrogens is 393 g/mol. The molecular formula is C21H17F3N6. The molecule has 0 radical (unpaired) electrons. The van der Waals surface area contributed by atoms with Gasteiger partial charge in [0.25, 0.3) is 0 Å². The Kier molecular flexibility index (Phi) is 4.78. The number of nitrogens with one attached hydrogen (secondary N) is 2. The summed E-state index contributed by atoms with van der Waals surface area (Å²) in [6, 6.07) is 8.75. The highest BCUT2D eigenvalue weighted by atomic mass is 19.4. The van der Waals surface area contributed by atoms with Gasteiger partial charge in [-0.1, -0.05) is 0 Å². The maximum Gasteiger partial charge on any atom is 0.396 e. The molecule has 0 saturated heterocycles. The zero-order chi connectivity index (χ0) is 21.4. The van der Waals surface area contributed by atoms with E-state index in [-0.39, 0.29) is 25.1 Å². The highest BCUT2D eigenvalue weighted by molar-refractivity contribution is 6.10. The largest absolute Gasteiger partial charge is 0.396 e. The van der Waals surface area contributed by atoms with Crippen LogP contribution in [0.1, 0.15) is 24.1 Å². The number of rotatable bonds is 6. The van der Waals surface area contributed by atoms with Gasteiger partial charge in [0, 0.05) is 54.2 Å². The lowest BCUT2D eigenvalue weighted by Gasteiger charge is -2.19. The van der Waals surface area contributed by atoms with Gasteiger partial charge in [0.2, 0.25) is 0 Å². The van der Waals surface area contributed by atoms with Crippen molar-refractivity contribution in [1.82, 2.24) is 19.7 Å². The quantitative estimate of drug-likeness (QED) is 0.597. The summed E-state index contributed by atoms with van der Waals surface area (Å²) >= 11 is 0. The normalized spacial score (nSPS) is 15.6. The van der Waals surface area contributed by atoms with E-state index in [2.05, 4.69) is 15.3 Å². The molecule has 0 atom stereocenters. The second-order valence-electron chi connectivity index (χ2n) is 7.22. The summed E-state index contributed by atoms with van der Waals surface area (Å²) < 4.78 is 41.2. The van der Waals surface area contributed by atoms with Gasteiger partial charge < -0.3 is 15.1 Å². The first-order valence-corrected chi connectivity index (χ1v) is 9.22. The molecule has 2 N–H and O–H groups in total. The van der Waals surface area contributed by atoms with Crippen molar-refractivity contribution in [3.05, 3.63) is 60.3 Å². The fourth-order valence-corrected chi connectivity index (χ4v) is 3.30. The molecule has 1 saturated carbocycles. The molecule has 152 valence electrons. The molecule has 0 aliphatic heterocycles. The molecule has 0 bridgehead atoms. The van der Waals surface area contributed by atoms with Crippen LogP contribution in [0, 0.1) is 22.2 Å². The summed E-state index contributed by atoms with van der Waals surface area (Å²) in [5.74, 6) is 0. The smallest absolute Gasteiger partial charge is 0.389 e. The number of aromatic nitrogens is 3. The Hall–Kier alpha value is -3.67. The number of alkyl halides is 3. The van der Waals surface area contributed by atoms with Crippen molar-refractivity contribution in [2.24, 2.45) is 5.41 Å². The van der Waals surface area contributed by atoms with E-state index in [9.17, 15) is 18.4 Å². The third-order valence-corrected chi connectivity index (χ3v) is 5.30. The van der Waals surface area contributed by atoms with Crippen LogP contribution in [0.4, 0.5) is 13.2 Å². The van der Waals surface area contributed by atoms with Crippen LogP contribution in [-0.4, -0.2) is 33.3 Å². The Morgan fingerprint density at radius 3 is 2.77 bits per heavy atom. The number of hydrogen-bond acceptors (Lipinski definition) is 5. The molecule has 3 aromatic rings. The average molecular weight is 410 g/mol. The van der Waals surface area contributed by atoms with Gasteiger partial charge in [-0.05, 0) is 37.1 Å². The van der Waals surface area contributed by atoms with Crippen LogP contribution in [0.15, 0.2) is 49.1 Å². The van der Waals surface area contributed by atoms with Crippen molar-refractivity contribution in [2.75, 3.05) is 6.54 Å². The molecule has 3 aromatic heterocycles.